The highest BCUT2D eigenvalue weighted by Gasteiger charge is 2.21. The van der Waals surface area contributed by atoms with Crippen LogP contribution in [-0.4, -0.2) is 14.2 Å². The Morgan fingerprint density at radius 3 is 1.07 bits per heavy atom. The third-order valence-electron chi connectivity index (χ3n) is 8.79. The second-order valence-corrected chi connectivity index (χ2v) is 11.3. The molecule has 0 aliphatic rings. The van der Waals surface area contributed by atoms with Crippen molar-refractivity contribution in [3.63, 3.8) is 0 Å². The number of hydrogen-bond donors (Lipinski definition) is 0. The molecule has 0 unspecified atom stereocenters. The zero-order chi connectivity index (χ0) is 31.0. The van der Waals surface area contributed by atoms with Gasteiger partial charge >= 0.3 is 0 Å². The van der Waals surface area contributed by atoms with Crippen molar-refractivity contribution in [2.24, 2.45) is 0 Å². The Kier molecular flexibility index (Phi) is 6.88. The number of hydrogen-bond acceptors (Lipinski definition) is 4. The molecule has 8 rings (SSSR count). The third kappa shape index (κ3) is 4.63. The van der Waals surface area contributed by atoms with Gasteiger partial charge in [-0.1, -0.05) is 72.8 Å². The summed E-state index contributed by atoms with van der Waals surface area (Å²) < 4.78 is 11.0. The molecule has 0 amide bonds. The molecule has 0 saturated carbocycles. The first-order valence-corrected chi connectivity index (χ1v) is 15.4. The Morgan fingerprint density at radius 2 is 0.696 bits per heavy atom. The van der Waals surface area contributed by atoms with E-state index in [-0.39, 0.29) is 0 Å². The number of ether oxygens (including phenoxy) is 2. The molecule has 8 aromatic rings. The van der Waals surface area contributed by atoms with Gasteiger partial charge in [0.25, 0.3) is 0 Å². The maximum absolute atomic E-state index is 5.48. The fraction of sp³-hybridized carbons (Fsp3) is 0.0476. The zero-order valence-electron chi connectivity index (χ0n) is 25.7. The maximum atomic E-state index is 5.48. The summed E-state index contributed by atoms with van der Waals surface area (Å²) in [5.41, 5.74) is 6.57. The van der Waals surface area contributed by atoms with Crippen molar-refractivity contribution in [1.82, 2.24) is 0 Å². The number of anilines is 6. The fourth-order valence-corrected chi connectivity index (χ4v) is 6.63. The standard InChI is InChI=1S/C42H32N2O2/c1-45-35-21-17-33(18-22-35)43(31-9-5-3-6-10-31)39-27-15-29-14-26-38-40(28-16-30-13-25-37(39)41(29)42(30)38)44(32-11-7-4-8-12-32)34-19-23-36(46-2)24-20-34/h3-28H,1-2H3. The molecular weight excluding hydrogens is 564 g/mol. The zero-order valence-corrected chi connectivity index (χ0v) is 25.7. The van der Waals surface area contributed by atoms with E-state index in [2.05, 4.69) is 143 Å². The summed E-state index contributed by atoms with van der Waals surface area (Å²) in [6, 6.07) is 55.7. The lowest BCUT2D eigenvalue weighted by Gasteiger charge is -2.29. The van der Waals surface area contributed by atoms with Crippen LogP contribution in [0, 0.1) is 0 Å². The van der Waals surface area contributed by atoms with E-state index in [9.17, 15) is 0 Å². The van der Waals surface area contributed by atoms with Crippen LogP contribution in [0.25, 0.3) is 32.3 Å². The summed E-state index contributed by atoms with van der Waals surface area (Å²) in [4.78, 5) is 4.67. The van der Waals surface area contributed by atoms with Crippen molar-refractivity contribution in [3.05, 3.63) is 158 Å². The summed E-state index contributed by atoms with van der Waals surface area (Å²) in [5.74, 6) is 1.67. The smallest absolute Gasteiger partial charge is 0.119 e. The molecule has 0 atom stereocenters. The lowest BCUT2D eigenvalue weighted by atomic mass is 9.91. The highest BCUT2D eigenvalue weighted by Crippen LogP contribution is 2.47. The largest absolute Gasteiger partial charge is 0.497 e. The first kappa shape index (κ1) is 27.5. The van der Waals surface area contributed by atoms with Crippen molar-refractivity contribution in [3.8, 4) is 11.5 Å². The molecule has 8 aromatic carbocycles. The van der Waals surface area contributed by atoms with Gasteiger partial charge < -0.3 is 19.3 Å². The van der Waals surface area contributed by atoms with Gasteiger partial charge in [-0.2, -0.15) is 0 Å². The summed E-state index contributed by atoms with van der Waals surface area (Å²) >= 11 is 0. The molecule has 0 aliphatic carbocycles. The van der Waals surface area contributed by atoms with Crippen LogP contribution in [0.15, 0.2) is 158 Å². The van der Waals surface area contributed by atoms with E-state index in [1.165, 1.54) is 32.3 Å². The van der Waals surface area contributed by atoms with Crippen LogP contribution in [-0.2, 0) is 0 Å². The molecule has 0 N–H and O–H groups in total. The first-order valence-electron chi connectivity index (χ1n) is 15.4. The van der Waals surface area contributed by atoms with Gasteiger partial charge in [0.1, 0.15) is 11.5 Å². The molecule has 46 heavy (non-hydrogen) atoms. The van der Waals surface area contributed by atoms with Crippen LogP contribution < -0.4 is 19.3 Å². The van der Waals surface area contributed by atoms with Crippen LogP contribution in [0.5, 0.6) is 11.5 Å². The van der Waals surface area contributed by atoms with Crippen molar-refractivity contribution in [1.29, 1.82) is 0 Å². The predicted molar refractivity (Wildman–Crippen MR) is 193 cm³/mol. The molecule has 4 nitrogen and oxygen atoms in total. The van der Waals surface area contributed by atoms with E-state index in [1.54, 1.807) is 14.2 Å². The summed E-state index contributed by atoms with van der Waals surface area (Å²) in [5, 5.41) is 7.34. The lowest BCUT2D eigenvalue weighted by Crippen LogP contribution is -2.11. The van der Waals surface area contributed by atoms with E-state index in [0.717, 1.165) is 45.6 Å². The predicted octanol–water partition coefficient (Wildman–Crippen LogP) is 11.5. The highest BCUT2D eigenvalue weighted by atomic mass is 16.5. The molecule has 0 bridgehead atoms. The van der Waals surface area contributed by atoms with Gasteiger partial charge in [0, 0.05) is 33.5 Å². The van der Waals surface area contributed by atoms with Crippen LogP contribution in [0.1, 0.15) is 0 Å². The monoisotopic (exact) mass is 596 g/mol. The average molecular weight is 597 g/mol. The SMILES string of the molecule is COc1ccc(N(c2ccccc2)c2ccc3ccc4c(N(c5ccccc5)c5ccc(OC)cc5)ccc5ccc2c3c54)cc1. The Morgan fingerprint density at radius 1 is 0.348 bits per heavy atom. The fourth-order valence-electron chi connectivity index (χ4n) is 6.63. The van der Waals surface area contributed by atoms with Crippen LogP contribution in [0.3, 0.4) is 0 Å². The van der Waals surface area contributed by atoms with E-state index in [1.807, 2.05) is 24.3 Å². The van der Waals surface area contributed by atoms with Crippen molar-refractivity contribution in [2.45, 2.75) is 0 Å². The Bertz CT molecular complexity index is 2100. The van der Waals surface area contributed by atoms with Crippen molar-refractivity contribution >= 4 is 66.4 Å². The number of methoxy groups -OCH3 is 2. The van der Waals surface area contributed by atoms with Crippen LogP contribution in [0.2, 0.25) is 0 Å². The van der Waals surface area contributed by atoms with E-state index in [0.29, 0.717) is 0 Å². The van der Waals surface area contributed by atoms with Crippen molar-refractivity contribution in [2.75, 3.05) is 24.0 Å². The quantitative estimate of drug-likeness (QED) is 0.163. The average Bonchev–Trinajstić information content (AvgIpc) is 3.13. The van der Waals surface area contributed by atoms with E-state index in [4.69, 9.17) is 9.47 Å². The van der Waals surface area contributed by atoms with Crippen LogP contribution in [0.4, 0.5) is 34.1 Å². The van der Waals surface area contributed by atoms with E-state index < -0.39 is 0 Å². The Balaban J connectivity index is 1.38. The number of rotatable bonds is 8. The number of nitrogens with zero attached hydrogens (tertiary/aromatic N) is 2. The van der Waals surface area contributed by atoms with Gasteiger partial charge in [0.15, 0.2) is 0 Å². The Hall–Kier alpha value is -6.00. The first-order chi connectivity index (χ1) is 22.7. The third-order valence-corrected chi connectivity index (χ3v) is 8.79. The van der Waals surface area contributed by atoms with Crippen LogP contribution >= 0.6 is 0 Å². The molecule has 0 fully saturated rings. The summed E-state index contributed by atoms with van der Waals surface area (Å²) in [6.45, 7) is 0. The molecule has 0 saturated heterocycles. The second kappa shape index (κ2) is 11.5. The minimum Gasteiger partial charge on any atom is -0.497 e. The molecule has 0 aliphatic heterocycles. The molecule has 0 spiro atoms. The van der Waals surface area contributed by atoms with Gasteiger partial charge in [-0.15, -0.1) is 0 Å². The maximum Gasteiger partial charge on any atom is 0.119 e. The number of benzene rings is 8. The molecule has 0 heterocycles. The summed E-state index contributed by atoms with van der Waals surface area (Å²) in [6.07, 6.45) is 0. The van der Waals surface area contributed by atoms with Gasteiger partial charge in [0.2, 0.25) is 0 Å². The highest BCUT2D eigenvalue weighted by molar-refractivity contribution is 6.28. The van der Waals surface area contributed by atoms with E-state index >= 15 is 0 Å². The minimum absolute atomic E-state index is 0.833. The molecular formula is C42H32N2O2. The second-order valence-electron chi connectivity index (χ2n) is 11.3. The van der Waals surface area contributed by atoms with Gasteiger partial charge in [-0.05, 0) is 106 Å². The molecule has 4 heteroatoms. The van der Waals surface area contributed by atoms with Crippen molar-refractivity contribution < 1.29 is 9.47 Å². The Labute approximate surface area is 268 Å². The van der Waals surface area contributed by atoms with Gasteiger partial charge in [0.05, 0.1) is 25.6 Å². The number of para-hydroxylation sites is 2. The molecule has 0 radical (unpaired) electrons. The molecule has 222 valence electrons. The minimum atomic E-state index is 0.833. The summed E-state index contributed by atoms with van der Waals surface area (Å²) in [7, 11) is 3.40. The molecule has 0 aromatic heterocycles. The van der Waals surface area contributed by atoms with Gasteiger partial charge in [-0.3, -0.25) is 0 Å². The lowest BCUT2D eigenvalue weighted by molar-refractivity contribution is 0.414. The van der Waals surface area contributed by atoms with Gasteiger partial charge in [-0.25, -0.2) is 0 Å². The topological polar surface area (TPSA) is 24.9 Å². The normalized spacial score (nSPS) is 11.3.